The number of hydrogen-bond donors (Lipinski definition) is 1. The summed E-state index contributed by atoms with van der Waals surface area (Å²) in [6.45, 7) is 4.41. The van der Waals surface area contributed by atoms with Gasteiger partial charge in [0.25, 0.3) is 5.60 Å². The molecule has 6 unspecified atom stereocenters. The molecule has 54 heavy (non-hydrogen) atoms. The summed E-state index contributed by atoms with van der Waals surface area (Å²) >= 11 is 0. The standard InChI is InChI=1S/C31H36F18O5/c1-13-14-10-18(23(11-14,27(35,36)37)20(51)53-21(2,3)4)17(13)12-22(5,26(32,33)34)19(50)54-25(30(44,45)46,31(47,48)49)16-8-6-15(7-9-16)24(52,28(38,39)40)29(41,42)43/h13-18,52H,6-12H2,1-5H3. The van der Waals surface area contributed by atoms with E-state index in [9.17, 15) is 93.7 Å². The van der Waals surface area contributed by atoms with Crippen LogP contribution in [-0.2, 0) is 19.1 Å². The van der Waals surface area contributed by atoms with E-state index in [1.165, 1.54) is 20.8 Å². The van der Waals surface area contributed by atoms with Crippen LogP contribution in [0.4, 0.5) is 79.0 Å². The van der Waals surface area contributed by atoms with E-state index >= 15 is 0 Å². The molecule has 3 fully saturated rings. The van der Waals surface area contributed by atoms with Crippen LogP contribution >= 0.6 is 0 Å². The molecule has 0 aromatic carbocycles. The number of rotatable bonds is 7. The minimum atomic E-state index is -6.93. The van der Waals surface area contributed by atoms with Crippen LogP contribution in [0.5, 0.6) is 0 Å². The molecule has 0 aromatic rings. The third kappa shape index (κ3) is 7.21. The second-order valence-corrected chi connectivity index (χ2v) is 15.8. The Labute approximate surface area is 295 Å². The van der Waals surface area contributed by atoms with Crippen LogP contribution in [0.15, 0.2) is 0 Å². The molecule has 0 heterocycles. The zero-order valence-corrected chi connectivity index (χ0v) is 28.8. The van der Waals surface area contributed by atoms with Crippen molar-refractivity contribution in [2.45, 2.75) is 133 Å². The number of halogens is 18. The summed E-state index contributed by atoms with van der Waals surface area (Å²) < 4.78 is 265. The Morgan fingerprint density at radius 1 is 0.648 bits per heavy atom. The number of hydrogen-bond acceptors (Lipinski definition) is 5. The van der Waals surface area contributed by atoms with Gasteiger partial charge in [0.1, 0.15) is 5.60 Å². The van der Waals surface area contributed by atoms with Gasteiger partial charge in [-0.25, -0.2) is 0 Å². The Balaban J connectivity index is 2.11. The molecule has 5 nitrogen and oxygen atoms in total. The fourth-order valence-electron chi connectivity index (χ4n) is 8.62. The fourth-order valence-corrected chi connectivity index (χ4v) is 8.62. The van der Waals surface area contributed by atoms with Gasteiger partial charge in [-0.2, -0.15) is 79.0 Å². The van der Waals surface area contributed by atoms with Crippen LogP contribution in [-0.4, -0.2) is 70.9 Å². The summed E-state index contributed by atoms with van der Waals surface area (Å²) in [5.41, 5.74) is -21.1. The lowest BCUT2D eigenvalue weighted by molar-refractivity contribution is -0.401. The average molecular weight is 831 g/mol. The monoisotopic (exact) mass is 830 g/mol. The van der Waals surface area contributed by atoms with Gasteiger partial charge in [0.05, 0.1) is 0 Å². The van der Waals surface area contributed by atoms with E-state index < -0.39 is 157 Å². The van der Waals surface area contributed by atoms with Crippen LogP contribution in [0, 0.1) is 46.3 Å². The summed E-state index contributed by atoms with van der Waals surface area (Å²) in [4.78, 5) is 26.4. The molecule has 3 rings (SSSR count). The lowest BCUT2D eigenvalue weighted by atomic mass is 9.60. The molecule has 0 spiro atoms. The van der Waals surface area contributed by atoms with Crippen molar-refractivity contribution in [3.63, 3.8) is 0 Å². The molecular weight excluding hydrogens is 794 g/mol. The SMILES string of the molecule is CC1C2CC(C1CC(C)(C(=O)OC(C1CCC(C(O)(C(F)(F)F)C(F)(F)F)CC1)(C(F)(F)F)C(F)(F)F)C(F)(F)F)C(C(=O)OC(C)(C)C)(C(F)(F)F)C2. The first kappa shape index (κ1) is 46.0. The van der Waals surface area contributed by atoms with Crippen LogP contribution < -0.4 is 0 Å². The van der Waals surface area contributed by atoms with Gasteiger partial charge in [-0.05, 0) is 96.3 Å². The van der Waals surface area contributed by atoms with Crippen LogP contribution in [0.3, 0.4) is 0 Å². The Hall–Kier alpha value is -2.36. The Morgan fingerprint density at radius 3 is 1.41 bits per heavy atom. The maximum atomic E-state index is 14.8. The summed E-state index contributed by atoms with van der Waals surface area (Å²) in [6.07, 6.45) is -49.8. The zero-order chi connectivity index (χ0) is 42.5. The first-order valence-electron chi connectivity index (χ1n) is 16.3. The molecule has 0 aliphatic heterocycles. The highest BCUT2D eigenvalue weighted by molar-refractivity contribution is 5.80. The molecule has 316 valence electrons. The van der Waals surface area contributed by atoms with Gasteiger partial charge in [0, 0.05) is 11.8 Å². The van der Waals surface area contributed by atoms with E-state index in [1.807, 2.05) is 0 Å². The maximum Gasteiger partial charge on any atom is 0.437 e. The van der Waals surface area contributed by atoms with Crippen molar-refractivity contribution in [2.75, 3.05) is 0 Å². The minimum absolute atomic E-state index is 0.224. The van der Waals surface area contributed by atoms with Crippen LogP contribution in [0.2, 0.25) is 0 Å². The van der Waals surface area contributed by atoms with Gasteiger partial charge < -0.3 is 14.6 Å². The van der Waals surface area contributed by atoms with Gasteiger partial charge in [-0.15, -0.1) is 0 Å². The van der Waals surface area contributed by atoms with Crippen LogP contribution in [0.1, 0.15) is 79.6 Å². The maximum absolute atomic E-state index is 14.8. The fraction of sp³-hybridized carbons (Fsp3) is 0.935. The van der Waals surface area contributed by atoms with E-state index in [-0.39, 0.29) is 6.92 Å². The highest BCUT2D eigenvalue weighted by Gasteiger charge is 2.81. The summed E-state index contributed by atoms with van der Waals surface area (Å²) in [6, 6.07) is 0. The number of fused-ring (bicyclic) bond motifs is 2. The molecule has 1 N–H and O–H groups in total. The third-order valence-corrected chi connectivity index (χ3v) is 11.6. The molecule has 6 atom stereocenters. The molecule has 3 aliphatic carbocycles. The number of carbonyl (C=O) groups is 2. The number of ether oxygens (including phenoxy) is 2. The van der Waals surface area contributed by atoms with Crippen molar-refractivity contribution in [3.05, 3.63) is 0 Å². The Kier molecular flexibility index (Phi) is 11.4. The predicted molar refractivity (Wildman–Crippen MR) is 145 cm³/mol. The average Bonchev–Trinajstić information content (AvgIpc) is 3.48. The van der Waals surface area contributed by atoms with Gasteiger partial charge >= 0.3 is 54.6 Å². The van der Waals surface area contributed by atoms with E-state index in [0.29, 0.717) is 0 Å². The molecule has 2 bridgehead atoms. The molecule has 23 heteroatoms. The molecule has 0 amide bonds. The second-order valence-electron chi connectivity index (χ2n) is 15.8. The highest BCUT2D eigenvalue weighted by atomic mass is 19.4. The van der Waals surface area contributed by atoms with Crippen LogP contribution in [0.25, 0.3) is 0 Å². The number of alkyl halides is 18. The zero-order valence-electron chi connectivity index (χ0n) is 28.8. The lowest BCUT2D eigenvalue weighted by Crippen LogP contribution is -2.67. The van der Waals surface area contributed by atoms with Gasteiger partial charge in [0.2, 0.25) is 0 Å². The van der Waals surface area contributed by atoms with Crippen molar-refractivity contribution in [2.24, 2.45) is 46.3 Å². The third-order valence-electron chi connectivity index (χ3n) is 11.6. The normalized spacial score (nSPS) is 30.6. The summed E-state index contributed by atoms with van der Waals surface area (Å²) in [5, 5.41) is 9.63. The highest BCUT2D eigenvalue weighted by Crippen LogP contribution is 2.69. The van der Waals surface area contributed by atoms with Crippen molar-refractivity contribution < 1.29 is 103 Å². The quantitative estimate of drug-likeness (QED) is 0.204. The first-order valence-corrected chi connectivity index (χ1v) is 16.3. The molecular formula is C31H36F18O5. The summed E-state index contributed by atoms with van der Waals surface area (Å²) in [5.74, 6) is -18.2. The summed E-state index contributed by atoms with van der Waals surface area (Å²) in [7, 11) is 0. The predicted octanol–water partition coefficient (Wildman–Crippen LogP) is 10.2. The van der Waals surface area contributed by atoms with Gasteiger partial charge in [0.15, 0.2) is 10.8 Å². The smallest absolute Gasteiger partial charge is 0.437 e. The second kappa shape index (κ2) is 13.4. The Bertz CT molecular complexity index is 1370. The molecule has 0 aromatic heterocycles. The van der Waals surface area contributed by atoms with Gasteiger partial charge in [-0.3, -0.25) is 9.59 Å². The molecule has 3 aliphatic rings. The molecule has 0 saturated heterocycles. The van der Waals surface area contributed by atoms with Gasteiger partial charge in [-0.1, -0.05) is 6.92 Å². The van der Waals surface area contributed by atoms with Crippen molar-refractivity contribution in [1.82, 2.24) is 0 Å². The van der Waals surface area contributed by atoms with Crippen molar-refractivity contribution in [3.8, 4) is 0 Å². The van der Waals surface area contributed by atoms with Crippen molar-refractivity contribution >= 4 is 11.9 Å². The Morgan fingerprint density at radius 2 is 1.07 bits per heavy atom. The topological polar surface area (TPSA) is 72.8 Å². The number of carbonyl (C=O) groups excluding carboxylic acids is 2. The van der Waals surface area contributed by atoms with E-state index in [1.54, 1.807) is 0 Å². The number of aliphatic hydroxyl groups is 1. The van der Waals surface area contributed by atoms with E-state index in [0.717, 1.165) is 6.92 Å². The largest absolute Gasteiger partial charge is 0.459 e. The molecule has 0 radical (unpaired) electrons. The lowest BCUT2D eigenvalue weighted by Gasteiger charge is -2.49. The van der Waals surface area contributed by atoms with E-state index in [4.69, 9.17) is 4.74 Å². The van der Waals surface area contributed by atoms with E-state index in [2.05, 4.69) is 4.74 Å². The first-order chi connectivity index (χ1) is 23.7. The van der Waals surface area contributed by atoms with Crippen molar-refractivity contribution in [1.29, 1.82) is 0 Å². The number of esters is 2. The minimum Gasteiger partial charge on any atom is -0.459 e. The molecule has 3 saturated carbocycles.